The third kappa shape index (κ3) is 4.65. The molecule has 0 saturated heterocycles. The molecule has 0 heterocycles. The van der Waals surface area contributed by atoms with Crippen LogP contribution in [0, 0.1) is 17.2 Å². The first-order chi connectivity index (χ1) is 8.12. The highest BCUT2D eigenvalue weighted by Gasteiger charge is 2.39. The lowest BCUT2D eigenvalue weighted by Gasteiger charge is -2.21. The van der Waals surface area contributed by atoms with Crippen molar-refractivity contribution in [2.24, 2.45) is 5.92 Å². The molecule has 0 aromatic carbocycles. The van der Waals surface area contributed by atoms with Crippen molar-refractivity contribution >= 4 is 0 Å². The summed E-state index contributed by atoms with van der Waals surface area (Å²) < 4.78 is 5.87. The van der Waals surface area contributed by atoms with Gasteiger partial charge < -0.3 is 4.74 Å². The van der Waals surface area contributed by atoms with Gasteiger partial charge in [0.15, 0.2) is 0 Å². The van der Waals surface area contributed by atoms with Gasteiger partial charge in [-0.05, 0) is 38.1 Å². The van der Waals surface area contributed by atoms with Crippen LogP contribution in [0.1, 0.15) is 52.9 Å². The Morgan fingerprint density at radius 2 is 2.29 bits per heavy atom. The summed E-state index contributed by atoms with van der Waals surface area (Å²) in [5.41, 5.74) is -0.322. The van der Waals surface area contributed by atoms with Crippen LogP contribution in [0.4, 0.5) is 0 Å². The second kappa shape index (κ2) is 6.98. The fourth-order valence-corrected chi connectivity index (χ4v) is 2.52. The summed E-state index contributed by atoms with van der Waals surface area (Å²) in [6.07, 6.45) is 5.42. The summed E-state index contributed by atoms with van der Waals surface area (Å²) in [4.78, 5) is 0. The van der Waals surface area contributed by atoms with Crippen LogP contribution in [0.25, 0.3) is 0 Å². The number of nitrogens with one attached hydrogen (secondary N) is 1. The summed E-state index contributed by atoms with van der Waals surface area (Å²) in [7, 11) is 0. The Kier molecular flexibility index (Phi) is 5.94. The molecule has 0 aromatic heterocycles. The highest BCUT2D eigenvalue weighted by Crippen LogP contribution is 2.31. The lowest BCUT2D eigenvalue weighted by molar-refractivity contribution is 0.0509. The fraction of sp³-hybridized carbons (Fsp3) is 0.929. The molecule has 0 radical (unpaired) electrons. The summed E-state index contributed by atoms with van der Waals surface area (Å²) >= 11 is 0. The van der Waals surface area contributed by atoms with Crippen molar-refractivity contribution in [1.29, 1.82) is 5.26 Å². The minimum Gasteiger partial charge on any atom is -0.378 e. The number of rotatable bonds is 7. The first kappa shape index (κ1) is 14.5. The van der Waals surface area contributed by atoms with Crippen LogP contribution in [-0.2, 0) is 4.74 Å². The van der Waals surface area contributed by atoms with Gasteiger partial charge in [0.05, 0.1) is 12.2 Å². The van der Waals surface area contributed by atoms with E-state index < -0.39 is 0 Å². The van der Waals surface area contributed by atoms with E-state index in [1.807, 2.05) is 0 Å². The van der Waals surface area contributed by atoms with Gasteiger partial charge in [-0.3, -0.25) is 5.32 Å². The number of nitrogens with zero attached hydrogens (tertiary/aromatic N) is 1. The van der Waals surface area contributed by atoms with Crippen molar-refractivity contribution in [3.8, 4) is 6.07 Å². The molecule has 0 aromatic rings. The van der Waals surface area contributed by atoms with Crippen LogP contribution in [0.2, 0.25) is 0 Å². The van der Waals surface area contributed by atoms with Gasteiger partial charge in [-0.15, -0.1) is 0 Å². The van der Waals surface area contributed by atoms with Gasteiger partial charge in [-0.1, -0.05) is 20.8 Å². The molecule has 98 valence electrons. The van der Waals surface area contributed by atoms with E-state index in [1.54, 1.807) is 0 Å². The van der Waals surface area contributed by atoms with Crippen molar-refractivity contribution in [1.82, 2.24) is 5.32 Å². The summed E-state index contributed by atoms with van der Waals surface area (Å²) in [5.74, 6) is 0.752. The summed E-state index contributed by atoms with van der Waals surface area (Å²) in [6, 6.07) is 2.43. The van der Waals surface area contributed by atoms with Crippen molar-refractivity contribution < 1.29 is 4.74 Å². The monoisotopic (exact) mass is 238 g/mol. The lowest BCUT2D eigenvalue weighted by atomic mass is 10.00. The van der Waals surface area contributed by atoms with Gasteiger partial charge in [-0.2, -0.15) is 5.26 Å². The van der Waals surface area contributed by atoms with E-state index in [9.17, 15) is 5.26 Å². The third-order valence-corrected chi connectivity index (χ3v) is 3.48. The summed E-state index contributed by atoms with van der Waals surface area (Å²) in [5, 5.41) is 12.5. The first-order valence-electron chi connectivity index (χ1n) is 6.90. The fourth-order valence-electron chi connectivity index (χ4n) is 2.52. The second-order valence-corrected chi connectivity index (χ2v) is 5.50. The van der Waals surface area contributed by atoms with Crippen LogP contribution < -0.4 is 5.32 Å². The molecule has 3 heteroatoms. The van der Waals surface area contributed by atoms with Crippen molar-refractivity contribution in [3.63, 3.8) is 0 Å². The molecule has 1 aliphatic carbocycles. The standard InChI is InChI=1S/C14H26N2O/c1-4-16-14(11-15)8-7-13(10-14)17-9-5-6-12(2)3/h12-13,16H,4-10H2,1-3H3. The zero-order chi connectivity index (χ0) is 12.7. The van der Waals surface area contributed by atoms with E-state index in [0.717, 1.165) is 44.8 Å². The predicted octanol–water partition coefficient (Wildman–Crippen LogP) is 2.86. The molecule has 2 unspecified atom stereocenters. The van der Waals surface area contributed by atoms with E-state index >= 15 is 0 Å². The number of hydrogen-bond donors (Lipinski definition) is 1. The molecule has 1 aliphatic rings. The Morgan fingerprint density at radius 1 is 1.53 bits per heavy atom. The van der Waals surface area contributed by atoms with E-state index in [2.05, 4.69) is 32.2 Å². The van der Waals surface area contributed by atoms with Crippen LogP contribution in [0.3, 0.4) is 0 Å². The van der Waals surface area contributed by atoms with Crippen molar-refractivity contribution in [2.75, 3.05) is 13.2 Å². The second-order valence-electron chi connectivity index (χ2n) is 5.50. The maximum absolute atomic E-state index is 9.24. The van der Waals surface area contributed by atoms with E-state index in [0.29, 0.717) is 0 Å². The minimum atomic E-state index is -0.322. The van der Waals surface area contributed by atoms with E-state index in [1.165, 1.54) is 6.42 Å². The quantitative estimate of drug-likeness (QED) is 0.694. The van der Waals surface area contributed by atoms with Crippen LogP contribution in [0.15, 0.2) is 0 Å². The number of ether oxygens (including phenoxy) is 1. The first-order valence-corrected chi connectivity index (χ1v) is 6.90. The van der Waals surface area contributed by atoms with Crippen molar-refractivity contribution in [3.05, 3.63) is 0 Å². The average molecular weight is 238 g/mol. The Balaban J connectivity index is 2.23. The van der Waals surface area contributed by atoms with Gasteiger partial charge >= 0.3 is 0 Å². The van der Waals surface area contributed by atoms with Gasteiger partial charge in [0, 0.05) is 13.0 Å². The van der Waals surface area contributed by atoms with Crippen molar-refractivity contribution in [2.45, 2.75) is 64.5 Å². The van der Waals surface area contributed by atoms with Gasteiger partial charge in [0.2, 0.25) is 0 Å². The molecule has 0 aliphatic heterocycles. The Labute approximate surface area is 106 Å². The van der Waals surface area contributed by atoms with Crippen LogP contribution >= 0.6 is 0 Å². The van der Waals surface area contributed by atoms with Gasteiger partial charge in [-0.25, -0.2) is 0 Å². The molecule has 1 fully saturated rings. The molecule has 2 atom stereocenters. The molecule has 1 saturated carbocycles. The SMILES string of the molecule is CCNC1(C#N)CCC(OCCCC(C)C)C1. The highest BCUT2D eigenvalue weighted by molar-refractivity contribution is 5.12. The molecule has 1 N–H and O–H groups in total. The largest absolute Gasteiger partial charge is 0.378 e. The molecule has 17 heavy (non-hydrogen) atoms. The lowest BCUT2D eigenvalue weighted by Crippen LogP contribution is -2.41. The molecule has 3 nitrogen and oxygen atoms in total. The Bertz CT molecular complexity index is 259. The molecular weight excluding hydrogens is 212 g/mol. The van der Waals surface area contributed by atoms with E-state index in [-0.39, 0.29) is 11.6 Å². The average Bonchev–Trinajstić information content (AvgIpc) is 2.69. The molecule has 0 amide bonds. The van der Waals surface area contributed by atoms with Gasteiger partial charge in [0.25, 0.3) is 0 Å². The predicted molar refractivity (Wildman–Crippen MR) is 69.7 cm³/mol. The molecule has 0 spiro atoms. The van der Waals surface area contributed by atoms with E-state index in [4.69, 9.17) is 4.74 Å². The molecule has 0 bridgehead atoms. The normalized spacial score (nSPS) is 28.5. The highest BCUT2D eigenvalue weighted by atomic mass is 16.5. The maximum Gasteiger partial charge on any atom is 0.109 e. The number of nitriles is 1. The maximum atomic E-state index is 9.24. The topological polar surface area (TPSA) is 45.0 Å². The molecule has 1 rings (SSSR count). The van der Waals surface area contributed by atoms with Gasteiger partial charge in [0.1, 0.15) is 5.54 Å². The Hall–Kier alpha value is -0.590. The molecular formula is C14H26N2O. The third-order valence-electron chi connectivity index (χ3n) is 3.48. The van der Waals surface area contributed by atoms with Crippen LogP contribution in [0.5, 0.6) is 0 Å². The zero-order valence-corrected chi connectivity index (χ0v) is 11.5. The number of hydrogen-bond acceptors (Lipinski definition) is 3. The smallest absolute Gasteiger partial charge is 0.109 e. The Morgan fingerprint density at radius 3 is 2.88 bits per heavy atom. The zero-order valence-electron chi connectivity index (χ0n) is 11.5. The minimum absolute atomic E-state index is 0.279. The van der Waals surface area contributed by atoms with Crippen LogP contribution in [-0.4, -0.2) is 24.8 Å². The summed E-state index contributed by atoms with van der Waals surface area (Å²) in [6.45, 7) is 8.23.